The molecule has 9 nitrogen and oxygen atoms in total. The number of anilines is 1. The maximum Gasteiger partial charge on any atom is 0.399 e. The lowest BCUT2D eigenvalue weighted by Gasteiger charge is -2.35. The van der Waals surface area contributed by atoms with Crippen molar-refractivity contribution in [2.75, 3.05) is 11.9 Å². The van der Waals surface area contributed by atoms with Crippen LogP contribution in [0.4, 0.5) is 13.8 Å². The topological polar surface area (TPSA) is 136 Å². The fourth-order valence-corrected chi connectivity index (χ4v) is 7.53. The number of carbonyl (C=O) groups is 3. The van der Waals surface area contributed by atoms with E-state index in [9.17, 15) is 27.7 Å². The van der Waals surface area contributed by atoms with Gasteiger partial charge in [0.25, 0.3) is 5.91 Å². The van der Waals surface area contributed by atoms with E-state index in [0.717, 1.165) is 33.9 Å². The third-order valence-corrected chi connectivity index (χ3v) is 10.7. The fourth-order valence-electron chi connectivity index (χ4n) is 5.20. The van der Waals surface area contributed by atoms with E-state index < -0.39 is 48.1 Å². The van der Waals surface area contributed by atoms with Crippen LogP contribution in [0.1, 0.15) is 48.8 Å². The third-order valence-electron chi connectivity index (χ3n) is 7.59. The van der Waals surface area contributed by atoms with Crippen LogP contribution in [0.5, 0.6) is 0 Å². The molecule has 2 aromatic carbocycles. The average molecular weight is 676 g/mol. The number of thiophene rings is 2. The van der Waals surface area contributed by atoms with Gasteiger partial charge in [0, 0.05) is 21.7 Å². The Hall–Kier alpha value is -3.48. The molecular weight excluding hydrogens is 643 g/mol. The van der Waals surface area contributed by atoms with Gasteiger partial charge in [-0.25, -0.2) is 0 Å². The number of nitrogens with one attached hydrogen (secondary N) is 2. The maximum atomic E-state index is 14.3. The predicted octanol–water partition coefficient (Wildman–Crippen LogP) is 6.63. The SMILES string of the molecule is CC(C)(C)C(NC(=O)c1cc2cc(C(F)(F)P(=O)(O)O)ccc2s1)C(=O)N1CCCC1C(=O)Nc1ccc(-c2ccccc2)s1. The first-order valence-electron chi connectivity index (χ1n) is 14.1. The van der Waals surface area contributed by atoms with E-state index >= 15 is 0 Å². The van der Waals surface area contributed by atoms with Crippen molar-refractivity contribution < 1.29 is 37.5 Å². The predicted molar refractivity (Wildman–Crippen MR) is 172 cm³/mol. The van der Waals surface area contributed by atoms with Gasteiger partial charge in [0.15, 0.2) is 0 Å². The van der Waals surface area contributed by atoms with E-state index in [1.165, 1.54) is 28.4 Å². The molecule has 5 rings (SSSR count). The van der Waals surface area contributed by atoms with Gasteiger partial charge in [0.1, 0.15) is 12.1 Å². The van der Waals surface area contributed by atoms with E-state index in [1.54, 1.807) is 20.8 Å². The zero-order valence-electron chi connectivity index (χ0n) is 24.6. The lowest BCUT2D eigenvalue weighted by Crippen LogP contribution is -2.57. The minimum absolute atomic E-state index is 0.131. The van der Waals surface area contributed by atoms with Gasteiger partial charge in [-0.2, -0.15) is 8.78 Å². The van der Waals surface area contributed by atoms with Crippen LogP contribution in [0, 0.1) is 5.41 Å². The molecular formula is C31H32F2N3O6PS2. The van der Waals surface area contributed by atoms with E-state index in [0.29, 0.717) is 29.1 Å². The maximum absolute atomic E-state index is 14.3. The Balaban J connectivity index is 1.31. The van der Waals surface area contributed by atoms with Crippen molar-refractivity contribution in [2.45, 2.75) is 51.4 Å². The lowest BCUT2D eigenvalue weighted by atomic mass is 9.85. The van der Waals surface area contributed by atoms with Gasteiger partial charge in [-0.1, -0.05) is 57.2 Å². The Bertz CT molecular complexity index is 1800. The van der Waals surface area contributed by atoms with Crippen LogP contribution in [0.15, 0.2) is 66.7 Å². The molecule has 1 saturated heterocycles. The smallest absolute Gasteiger partial charge is 0.339 e. The summed E-state index contributed by atoms with van der Waals surface area (Å²) in [5.41, 5.74) is -4.97. The summed E-state index contributed by atoms with van der Waals surface area (Å²) in [4.78, 5) is 61.5. The van der Waals surface area contributed by atoms with E-state index in [1.807, 2.05) is 42.5 Å². The van der Waals surface area contributed by atoms with Crippen LogP contribution in [0.2, 0.25) is 0 Å². The Morgan fingerprint density at radius 2 is 1.71 bits per heavy atom. The molecule has 0 bridgehead atoms. The highest BCUT2D eigenvalue weighted by atomic mass is 32.1. The molecule has 2 atom stereocenters. The summed E-state index contributed by atoms with van der Waals surface area (Å²) < 4.78 is 40.3. The largest absolute Gasteiger partial charge is 0.399 e. The molecule has 14 heteroatoms. The minimum atomic E-state index is -5.76. The third kappa shape index (κ3) is 6.87. The summed E-state index contributed by atoms with van der Waals surface area (Å²) in [6.45, 7) is 5.72. The standard InChI is InChI=1S/C31H32F2N3O6PS2/c1-30(2,3)26(35-28(38)24-17-19-16-20(11-12-23(19)44-24)31(32,33)43(40,41)42)29(39)36-15-7-10-21(36)27(37)34-25-14-13-22(45-25)18-8-5-4-6-9-18/h4-6,8-9,11-14,16-17,21,26H,7,10,15H2,1-3H3,(H,34,37)(H,35,38)(H2,40,41,42). The fraction of sp³-hybridized carbons (Fsp3) is 0.323. The van der Waals surface area contributed by atoms with Crippen molar-refractivity contribution in [1.29, 1.82) is 0 Å². The molecule has 0 radical (unpaired) electrons. The summed E-state index contributed by atoms with van der Waals surface area (Å²) in [7, 11) is -5.76. The zero-order valence-corrected chi connectivity index (χ0v) is 27.1. The summed E-state index contributed by atoms with van der Waals surface area (Å²) in [6.07, 6.45) is 1.09. The number of alkyl halides is 2. The molecule has 238 valence electrons. The van der Waals surface area contributed by atoms with Crippen LogP contribution in [0.3, 0.4) is 0 Å². The van der Waals surface area contributed by atoms with Crippen LogP contribution >= 0.6 is 30.3 Å². The highest BCUT2D eigenvalue weighted by Gasteiger charge is 2.50. The van der Waals surface area contributed by atoms with Crippen molar-refractivity contribution in [2.24, 2.45) is 5.41 Å². The molecule has 0 spiro atoms. The van der Waals surface area contributed by atoms with Crippen molar-refractivity contribution in [1.82, 2.24) is 10.2 Å². The normalized spacial score (nSPS) is 16.5. The van der Waals surface area contributed by atoms with Gasteiger partial charge in [-0.15, -0.1) is 22.7 Å². The van der Waals surface area contributed by atoms with Gasteiger partial charge in [-0.05, 0) is 59.5 Å². The van der Waals surface area contributed by atoms with Crippen LogP contribution in [-0.2, 0) is 19.8 Å². The van der Waals surface area contributed by atoms with Crippen molar-refractivity contribution >= 4 is 63.1 Å². The number of hydrogen-bond acceptors (Lipinski definition) is 6. The molecule has 2 aromatic heterocycles. The Kier molecular flexibility index (Phi) is 9.05. The summed E-state index contributed by atoms with van der Waals surface area (Å²) in [6, 6.07) is 16.3. The van der Waals surface area contributed by atoms with Gasteiger partial charge in [-0.3, -0.25) is 18.9 Å². The zero-order chi connectivity index (χ0) is 32.7. The van der Waals surface area contributed by atoms with Crippen molar-refractivity contribution in [3.8, 4) is 10.4 Å². The molecule has 45 heavy (non-hydrogen) atoms. The molecule has 4 N–H and O–H groups in total. The molecule has 2 unspecified atom stereocenters. The van der Waals surface area contributed by atoms with E-state index in [-0.39, 0.29) is 16.2 Å². The molecule has 1 aliphatic rings. The minimum Gasteiger partial charge on any atom is -0.339 e. The van der Waals surface area contributed by atoms with Gasteiger partial charge < -0.3 is 25.3 Å². The van der Waals surface area contributed by atoms with E-state index in [4.69, 9.17) is 9.79 Å². The molecule has 3 heterocycles. The van der Waals surface area contributed by atoms with Crippen LogP contribution in [0.25, 0.3) is 20.5 Å². The number of benzene rings is 2. The van der Waals surface area contributed by atoms with Crippen LogP contribution < -0.4 is 10.6 Å². The Morgan fingerprint density at radius 1 is 1.00 bits per heavy atom. The first-order valence-corrected chi connectivity index (χ1v) is 17.4. The molecule has 0 saturated carbocycles. The average Bonchev–Trinajstić information content (AvgIpc) is 3.74. The number of nitrogens with zero attached hydrogens (tertiary/aromatic N) is 1. The number of amides is 3. The number of hydrogen-bond donors (Lipinski definition) is 4. The number of rotatable bonds is 8. The van der Waals surface area contributed by atoms with Crippen molar-refractivity contribution in [3.05, 3.63) is 77.2 Å². The van der Waals surface area contributed by atoms with Gasteiger partial charge in [0.05, 0.1) is 9.88 Å². The van der Waals surface area contributed by atoms with Gasteiger partial charge in [0.2, 0.25) is 11.8 Å². The second-order valence-electron chi connectivity index (χ2n) is 11.9. The Morgan fingerprint density at radius 3 is 2.38 bits per heavy atom. The van der Waals surface area contributed by atoms with Crippen LogP contribution in [-0.4, -0.2) is 51.0 Å². The molecule has 0 aliphatic carbocycles. The van der Waals surface area contributed by atoms with E-state index in [2.05, 4.69) is 10.6 Å². The number of likely N-dealkylation sites (tertiary alicyclic amines) is 1. The quantitative estimate of drug-likeness (QED) is 0.155. The first kappa shape index (κ1) is 32.9. The monoisotopic (exact) mass is 675 g/mol. The number of carbonyl (C=O) groups excluding carboxylic acids is 3. The molecule has 4 aromatic rings. The summed E-state index contributed by atoms with van der Waals surface area (Å²) in [5.74, 6) is -1.33. The molecule has 3 amide bonds. The molecule has 1 aliphatic heterocycles. The molecule has 1 fully saturated rings. The highest BCUT2D eigenvalue weighted by molar-refractivity contribution is 7.52. The second-order valence-corrected chi connectivity index (χ2v) is 15.7. The number of halogens is 2. The Labute approximate surface area is 266 Å². The highest BCUT2D eigenvalue weighted by Crippen LogP contribution is 2.59. The van der Waals surface area contributed by atoms with Gasteiger partial charge >= 0.3 is 13.3 Å². The summed E-state index contributed by atoms with van der Waals surface area (Å²) in [5, 5.41) is 6.59. The van der Waals surface area contributed by atoms with Crippen molar-refractivity contribution in [3.63, 3.8) is 0 Å². The first-order chi connectivity index (χ1) is 21.1. The summed E-state index contributed by atoms with van der Waals surface area (Å²) >= 11 is 2.43. The second kappa shape index (κ2) is 12.4. The lowest BCUT2D eigenvalue weighted by molar-refractivity contribution is -0.140. The number of fused-ring (bicyclic) bond motifs is 1.